The predicted octanol–water partition coefficient (Wildman–Crippen LogP) is 4.38. The largest absolute Gasteiger partial charge is 0.434 e. The molecule has 2 heterocycles. The van der Waals surface area contributed by atoms with Crippen molar-refractivity contribution in [2.24, 2.45) is 0 Å². The molecule has 0 aliphatic heterocycles. The smallest absolute Gasteiger partial charge is 0.368 e. The number of carbonyl (C=O) groups excluding carboxylic acids is 1. The molecule has 1 aliphatic rings. The van der Waals surface area contributed by atoms with Crippen LogP contribution in [0.5, 0.6) is 0 Å². The van der Waals surface area contributed by atoms with Gasteiger partial charge in [0.15, 0.2) is 5.69 Å². The lowest BCUT2D eigenvalue weighted by Gasteiger charge is -2.30. The van der Waals surface area contributed by atoms with Crippen LogP contribution in [0.4, 0.5) is 19.0 Å². The van der Waals surface area contributed by atoms with Gasteiger partial charge in [0.2, 0.25) is 0 Å². The van der Waals surface area contributed by atoms with Gasteiger partial charge in [-0.3, -0.25) is 9.20 Å². The Morgan fingerprint density at radius 1 is 1.10 bits per heavy atom. The quantitative estimate of drug-likeness (QED) is 0.648. The van der Waals surface area contributed by atoms with Crippen LogP contribution in [0, 0.1) is 11.3 Å². The fourth-order valence-corrected chi connectivity index (χ4v) is 3.85. The van der Waals surface area contributed by atoms with E-state index >= 15 is 0 Å². The number of fused-ring (bicyclic) bond motifs is 1. The molecule has 2 N–H and O–H groups in total. The zero-order valence-electron chi connectivity index (χ0n) is 16.5. The number of imidazole rings is 1. The highest BCUT2D eigenvalue weighted by atomic mass is 19.4. The zero-order chi connectivity index (χ0) is 22.0. The number of amides is 1. The number of benzene rings is 1. The molecular formula is C22H20F3N5O. The van der Waals surface area contributed by atoms with E-state index in [0.29, 0.717) is 16.9 Å². The molecule has 1 fully saturated rings. The number of hydrogen-bond donors (Lipinski definition) is 2. The van der Waals surface area contributed by atoms with Crippen molar-refractivity contribution in [3.63, 3.8) is 0 Å². The van der Waals surface area contributed by atoms with Gasteiger partial charge in [0.05, 0.1) is 11.6 Å². The first-order chi connectivity index (χ1) is 14.8. The van der Waals surface area contributed by atoms with Gasteiger partial charge in [0.25, 0.3) is 5.91 Å². The summed E-state index contributed by atoms with van der Waals surface area (Å²) in [4.78, 5) is 16.1. The van der Waals surface area contributed by atoms with E-state index in [4.69, 9.17) is 5.26 Å². The minimum Gasteiger partial charge on any atom is -0.368 e. The number of halogens is 3. The Hall–Kier alpha value is -3.54. The van der Waals surface area contributed by atoms with Gasteiger partial charge < -0.3 is 10.6 Å². The second kappa shape index (κ2) is 8.30. The summed E-state index contributed by atoms with van der Waals surface area (Å²) in [6.07, 6.45) is -0.476. The predicted molar refractivity (Wildman–Crippen MR) is 108 cm³/mol. The number of hydrogen-bond acceptors (Lipinski definition) is 4. The molecule has 31 heavy (non-hydrogen) atoms. The molecule has 1 aromatic carbocycles. The maximum Gasteiger partial charge on any atom is 0.434 e. The summed E-state index contributed by atoms with van der Waals surface area (Å²) in [7, 11) is 0. The minimum atomic E-state index is -4.49. The highest BCUT2D eigenvalue weighted by Crippen LogP contribution is 2.30. The summed E-state index contributed by atoms with van der Waals surface area (Å²) in [6.45, 7) is 0. The molecule has 3 aromatic rings. The standard InChI is InChI=1S/C22H20F3N5O/c23-22(24,25)18-13-30-19(5-2-6-20(30)29-18)27-16-7-9-17(10-8-16)28-21(31)15-4-1-3-14(11-15)12-26/h1-6,11,13,16-17,27H,7-10H2,(H,28,31). The van der Waals surface area contributed by atoms with Crippen molar-refractivity contribution in [1.29, 1.82) is 5.26 Å². The third-order valence-corrected chi connectivity index (χ3v) is 5.45. The Balaban J connectivity index is 1.37. The highest BCUT2D eigenvalue weighted by molar-refractivity contribution is 5.94. The number of rotatable bonds is 4. The van der Waals surface area contributed by atoms with Crippen LogP contribution in [0.15, 0.2) is 48.7 Å². The van der Waals surface area contributed by atoms with E-state index in [1.807, 2.05) is 6.07 Å². The van der Waals surface area contributed by atoms with Gasteiger partial charge in [0, 0.05) is 23.8 Å². The van der Waals surface area contributed by atoms with Crippen molar-refractivity contribution in [2.45, 2.75) is 43.9 Å². The maximum atomic E-state index is 13.0. The van der Waals surface area contributed by atoms with Crippen molar-refractivity contribution in [3.8, 4) is 6.07 Å². The average molecular weight is 427 g/mol. The molecule has 2 aromatic heterocycles. The van der Waals surface area contributed by atoms with Crippen LogP contribution in [-0.2, 0) is 6.18 Å². The van der Waals surface area contributed by atoms with E-state index in [1.165, 1.54) is 10.5 Å². The maximum absolute atomic E-state index is 13.0. The monoisotopic (exact) mass is 427 g/mol. The zero-order valence-corrected chi connectivity index (χ0v) is 16.5. The van der Waals surface area contributed by atoms with E-state index in [9.17, 15) is 18.0 Å². The number of pyridine rings is 1. The van der Waals surface area contributed by atoms with E-state index < -0.39 is 11.9 Å². The van der Waals surface area contributed by atoms with Crippen molar-refractivity contribution in [2.75, 3.05) is 5.32 Å². The van der Waals surface area contributed by atoms with E-state index in [-0.39, 0.29) is 23.6 Å². The first-order valence-electron chi connectivity index (χ1n) is 9.96. The van der Waals surface area contributed by atoms with Crippen LogP contribution in [0.2, 0.25) is 0 Å². The van der Waals surface area contributed by atoms with Gasteiger partial charge in [-0.1, -0.05) is 12.1 Å². The van der Waals surface area contributed by atoms with Crippen LogP contribution < -0.4 is 10.6 Å². The van der Waals surface area contributed by atoms with Gasteiger partial charge in [-0.15, -0.1) is 0 Å². The molecule has 0 bridgehead atoms. The molecule has 0 radical (unpaired) electrons. The fraction of sp³-hybridized carbons (Fsp3) is 0.318. The van der Waals surface area contributed by atoms with E-state index in [2.05, 4.69) is 15.6 Å². The molecule has 0 unspecified atom stereocenters. The molecule has 160 valence electrons. The average Bonchev–Trinajstić information content (AvgIpc) is 3.21. The van der Waals surface area contributed by atoms with Crippen LogP contribution in [0.1, 0.15) is 47.3 Å². The van der Waals surface area contributed by atoms with Crippen molar-refractivity contribution in [1.82, 2.24) is 14.7 Å². The number of aromatic nitrogens is 2. The topological polar surface area (TPSA) is 82.2 Å². The Morgan fingerprint density at radius 3 is 2.52 bits per heavy atom. The Morgan fingerprint density at radius 2 is 1.81 bits per heavy atom. The second-order valence-corrected chi connectivity index (χ2v) is 7.62. The van der Waals surface area contributed by atoms with E-state index in [0.717, 1.165) is 31.9 Å². The third-order valence-electron chi connectivity index (χ3n) is 5.45. The van der Waals surface area contributed by atoms with Crippen molar-refractivity contribution in [3.05, 3.63) is 65.5 Å². The lowest BCUT2D eigenvalue weighted by Crippen LogP contribution is -2.40. The van der Waals surface area contributed by atoms with Crippen LogP contribution in [0.25, 0.3) is 5.65 Å². The molecule has 1 aliphatic carbocycles. The van der Waals surface area contributed by atoms with Crippen molar-refractivity contribution < 1.29 is 18.0 Å². The lowest BCUT2D eigenvalue weighted by atomic mass is 9.91. The third kappa shape index (κ3) is 4.63. The van der Waals surface area contributed by atoms with Crippen LogP contribution in [-0.4, -0.2) is 27.4 Å². The first-order valence-corrected chi connectivity index (χ1v) is 9.96. The van der Waals surface area contributed by atoms with Gasteiger partial charge in [-0.05, 0) is 56.0 Å². The highest BCUT2D eigenvalue weighted by Gasteiger charge is 2.34. The molecule has 0 atom stereocenters. The Kier molecular flexibility index (Phi) is 5.55. The molecule has 4 rings (SSSR count). The number of nitrogens with one attached hydrogen (secondary N) is 2. The normalized spacial score (nSPS) is 19.0. The lowest BCUT2D eigenvalue weighted by molar-refractivity contribution is -0.140. The molecule has 0 spiro atoms. The van der Waals surface area contributed by atoms with Crippen molar-refractivity contribution >= 4 is 17.4 Å². The Labute approximate surface area is 176 Å². The number of nitriles is 1. The Bertz CT molecular complexity index is 1140. The first kappa shape index (κ1) is 20.7. The van der Waals surface area contributed by atoms with Gasteiger partial charge >= 0.3 is 6.18 Å². The molecule has 0 saturated heterocycles. The van der Waals surface area contributed by atoms with Gasteiger partial charge in [-0.2, -0.15) is 18.4 Å². The number of alkyl halides is 3. The molecule has 6 nitrogen and oxygen atoms in total. The summed E-state index contributed by atoms with van der Waals surface area (Å²) in [6, 6.07) is 13.6. The number of carbonyl (C=O) groups is 1. The summed E-state index contributed by atoms with van der Waals surface area (Å²) in [5, 5.41) is 15.3. The minimum absolute atomic E-state index is 0.0113. The summed E-state index contributed by atoms with van der Waals surface area (Å²) < 4.78 is 40.4. The van der Waals surface area contributed by atoms with E-state index in [1.54, 1.807) is 36.4 Å². The molecular weight excluding hydrogens is 407 g/mol. The molecule has 1 saturated carbocycles. The summed E-state index contributed by atoms with van der Waals surface area (Å²) in [5.41, 5.74) is 0.195. The molecule has 1 amide bonds. The molecule has 9 heteroatoms. The van der Waals surface area contributed by atoms with Gasteiger partial charge in [-0.25, -0.2) is 4.98 Å². The SMILES string of the molecule is N#Cc1cccc(C(=O)NC2CCC(Nc3cccc4nc(C(F)(F)F)cn34)CC2)c1. The summed E-state index contributed by atoms with van der Waals surface area (Å²) >= 11 is 0. The van der Waals surface area contributed by atoms with Gasteiger partial charge in [0.1, 0.15) is 11.5 Å². The second-order valence-electron chi connectivity index (χ2n) is 7.62. The van der Waals surface area contributed by atoms with Crippen LogP contribution >= 0.6 is 0 Å². The summed E-state index contributed by atoms with van der Waals surface area (Å²) in [5.74, 6) is 0.345. The fourth-order valence-electron chi connectivity index (χ4n) is 3.85. The number of nitrogens with zero attached hydrogens (tertiary/aromatic N) is 3. The number of anilines is 1. The van der Waals surface area contributed by atoms with Crippen LogP contribution in [0.3, 0.4) is 0 Å².